The minimum Gasteiger partial charge on any atom is -0.342 e. The first-order chi connectivity index (χ1) is 8.56. The average Bonchev–Trinajstić information content (AvgIpc) is 2.96. The smallest absolute Gasteiger partial charge is 0.242 e. The molecule has 0 aromatic rings. The van der Waals surface area contributed by atoms with E-state index in [1.807, 2.05) is 13.8 Å². The Balaban J connectivity index is 1.81. The third kappa shape index (κ3) is 2.68. The van der Waals surface area contributed by atoms with Crippen molar-refractivity contribution in [3.8, 4) is 0 Å². The minimum atomic E-state index is 0.0546. The summed E-state index contributed by atoms with van der Waals surface area (Å²) in [5.74, 6) is 2.03. The van der Waals surface area contributed by atoms with Crippen molar-refractivity contribution in [2.24, 2.45) is 17.8 Å². The number of amides is 2. The molecule has 2 fully saturated rings. The van der Waals surface area contributed by atoms with Crippen molar-refractivity contribution in [1.82, 2.24) is 9.80 Å². The topological polar surface area (TPSA) is 40.6 Å². The summed E-state index contributed by atoms with van der Waals surface area (Å²) < 4.78 is 0. The van der Waals surface area contributed by atoms with E-state index >= 15 is 0 Å². The molecule has 18 heavy (non-hydrogen) atoms. The quantitative estimate of drug-likeness (QED) is 0.741. The second kappa shape index (κ2) is 5.29. The fourth-order valence-corrected chi connectivity index (χ4v) is 3.19. The van der Waals surface area contributed by atoms with Crippen molar-refractivity contribution < 1.29 is 9.59 Å². The molecule has 2 aliphatic carbocycles. The van der Waals surface area contributed by atoms with Gasteiger partial charge < -0.3 is 9.80 Å². The van der Waals surface area contributed by atoms with Crippen LogP contribution in [0.1, 0.15) is 33.1 Å². The van der Waals surface area contributed by atoms with Gasteiger partial charge in [-0.1, -0.05) is 0 Å². The summed E-state index contributed by atoms with van der Waals surface area (Å²) in [6.45, 7) is 5.59. The van der Waals surface area contributed by atoms with E-state index < -0.39 is 0 Å². The number of carbonyl (C=O) groups is 2. The molecule has 4 nitrogen and oxygen atoms in total. The number of rotatable bonds is 5. The summed E-state index contributed by atoms with van der Waals surface area (Å²) >= 11 is 0. The number of fused-ring (bicyclic) bond motifs is 1. The van der Waals surface area contributed by atoms with Crippen LogP contribution in [0, 0.1) is 17.8 Å². The Hall–Kier alpha value is -1.06. The van der Waals surface area contributed by atoms with Crippen molar-refractivity contribution in [2.45, 2.75) is 33.1 Å². The predicted octanol–water partition coefficient (Wildman–Crippen LogP) is 1.36. The molecule has 0 spiro atoms. The molecular formula is C14H24N2O2. The van der Waals surface area contributed by atoms with E-state index in [-0.39, 0.29) is 24.3 Å². The van der Waals surface area contributed by atoms with Crippen LogP contribution in [0.2, 0.25) is 0 Å². The molecule has 0 radical (unpaired) electrons. The highest BCUT2D eigenvalue weighted by molar-refractivity contribution is 5.86. The summed E-state index contributed by atoms with van der Waals surface area (Å²) in [5.41, 5.74) is 0. The standard InChI is InChI=1S/C14H24N2O2/c1-4-16(5-2)13(17)9-15(3)14(18)12-7-10-6-11(10)8-12/h10-12H,4-9H2,1-3H3. The predicted molar refractivity (Wildman–Crippen MR) is 69.9 cm³/mol. The van der Waals surface area contributed by atoms with Gasteiger partial charge in [-0.15, -0.1) is 0 Å². The van der Waals surface area contributed by atoms with Crippen molar-refractivity contribution in [3.05, 3.63) is 0 Å². The molecule has 0 aliphatic heterocycles. The van der Waals surface area contributed by atoms with Gasteiger partial charge in [0.15, 0.2) is 0 Å². The van der Waals surface area contributed by atoms with Crippen molar-refractivity contribution in [2.75, 3.05) is 26.7 Å². The fraction of sp³-hybridized carbons (Fsp3) is 0.857. The molecule has 0 saturated heterocycles. The van der Waals surface area contributed by atoms with E-state index in [1.54, 1.807) is 16.8 Å². The lowest BCUT2D eigenvalue weighted by atomic mass is 10.0. The number of hydrogen-bond acceptors (Lipinski definition) is 2. The first kappa shape index (κ1) is 13.4. The number of nitrogens with zero attached hydrogens (tertiary/aromatic N) is 2. The van der Waals surface area contributed by atoms with Crippen molar-refractivity contribution >= 4 is 11.8 Å². The summed E-state index contributed by atoms with van der Waals surface area (Å²) in [5, 5.41) is 0. The largest absolute Gasteiger partial charge is 0.342 e. The monoisotopic (exact) mass is 252 g/mol. The lowest BCUT2D eigenvalue weighted by Crippen LogP contribution is -2.42. The Labute approximate surface area is 109 Å². The van der Waals surface area contributed by atoms with E-state index in [9.17, 15) is 9.59 Å². The molecule has 2 aliphatic rings. The zero-order chi connectivity index (χ0) is 13.3. The lowest BCUT2D eigenvalue weighted by Gasteiger charge is -2.25. The molecule has 2 rings (SSSR count). The number of hydrogen-bond donors (Lipinski definition) is 0. The van der Waals surface area contributed by atoms with Gasteiger partial charge in [0.05, 0.1) is 6.54 Å². The van der Waals surface area contributed by atoms with Crippen molar-refractivity contribution in [3.63, 3.8) is 0 Å². The van der Waals surface area contributed by atoms with Gasteiger partial charge in [-0.05, 0) is 44.9 Å². The summed E-state index contributed by atoms with van der Waals surface area (Å²) in [4.78, 5) is 27.5. The molecule has 2 unspecified atom stereocenters. The maximum absolute atomic E-state index is 12.2. The molecular weight excluding hydrogens is 228 g/mol. The van der Waals surface area contributed by atoms with E-state index in [2.05, 4.69) is 0 Å². The van der Waals surface area contributed by atoms with Crippen LogP contribution in [-0.4, -0.2) is 48.3 Å². The lowest BCUT2D eigenvalue weighted by molar-refractivity contribution is -0.141. The molecule has 0 aromatic heterocycles. The Morgan fingerprint density at radius 3 is 2.11 bits per heavy atom. The zero-order valence-electron chi connectivity index (χ0n) is 11.7. The van der Waals surface area contributed by atoms with Gasteiger partial charge in [-0.25, -0.2) is 0 Å². The van der Waals surface area contributed by atoms with Crippen LogP contribution in [0.3, 0.4) is 0 Å². The van der Waals surface area contributed by atoms with E-state index in [0.29, 0.717) is 13.1 Å². The third-order valence-electron chi connectivity index (χ3n) is 4.46. The van der Waals surface area contributed by atoms with Crippen LogP contribution in [-0.2, 0) is 9.59 Å². The highest BCUT2D eigenvalue weighted by Crippen LogP contribution is 2.54. The number of likely N-dealkylation sites (N-methyl/N-ethyl adjacent to an activating group) is 2. The van der Waals surface area contributed by atoms with Crippen LogP contribution < -0.4 is 0 Å². The number of carbonyl (C=O) groups excluding carboxylic acids is 2. The van der Waals surface area contributed by atoms with Crippen LogP contribution in [0.5, 0.6) is 0 Å². The highest BCUT2D eigenvalue weighted by Gasteiger charge is 2.48. The van der Waals surface area contributed by atoms with Gasteiger partial charge in [0.1, 0.15) is 0 Å². The zero-order valence-corrected chi connectivity index (χ0v) is 11.7. The van der Waals surface area contributed by atoms with Gasteiger partial charge >= 0.3 is 0 Å². The Kier molecular flexibility index (Phi) is 3.93. The molecule has 0 N–H and O–H groups in total. The van der Waals surface area contributed by atoms with E-state index in [4.69, 9.17) is 0 Å². The average molecular weight is 252 g/mol. The van der Waals surface area contributed by atoms with Gasteiger partial charge in [-0.2, -0.15) is 0 Å². The maximum Gasteiger partial charge on any atom is 0.242 e. The molecule has 0 heterocycles. The molecule has 4 heteroatoms. The molecule has 0 bridgehead atoms. The summed E-state index contributed by atoms with van der Waals surface area (Å²) in [7, 11) is 1.76. The van der Waals surface area contributed by atoms with Crippen LogP contribution >= 0.6 is 0 Å². The Morgan fingerprint density at radius 1 is 1.06 bits per heavy atom. The normalized spacial score (nSPS) is 28.7. The van der Waals surface area contributed by atoms with Crippen molar-refractivity contribution in [1.29, 1.82) is 0 Å². The van der Waals surface area contributed by atoms with Crippen LogP contribution in [0.25, 0.3) is 0 Å². The third-order valence-corrected chi connectivity index (χ3v) is 4.46. The molecule has 2 atom stereocenters. The van der Waals surface area contributed by atoms with Gasteiger partial charge in [-0.3, -0.25) is 9.59 Å². The Morgan fingerprint density at radius 2 is 1.61 bits per heavy atom. The van der Waals surface area contributed by atoms with Gasteiger partial charge in [0.25, 0.3) is 0 Å². The molecule has 2 amide bonds. The van der Waals surface area contributed by atoms with Crippen LogP contribution in [0.15, 0.2) is 0 Å². The first-order valence-corrected chi connectivity index (χ1v) is 7.09. The first-order valence-electron chi connectivity index (χ1n) is 7.09. The van der Waals surface area contributed by atoms with Crippen LogP contribution in [0.4, 0.5) is 0 Å². The van der Waals surface area contributed by atoms with E-state index in [0.717, 1.165) is 24.7 Å². The Bertz CT molecular complexity index is 329. The SMILES string of the molecule is CCN(CC)C(=O)CN(C)C(=O)C1CC2CC2C1. The minimum absolute atomic E-state index is 0.0546. The fourth-order valence-electron chi connectivity index (χ4n) is 3.19. The second-order valence-electron chi connectivity index (χ2n) is 5.68. The second-order valence-corrected chi connectivity index (χ2v) is 5.68. The highest BCUT2D eigenvalue weighted by atomic mass is 16.2. The molecule has 2 saturated carbocycles. The molecule has 102 valence electrons. The van der Waals surface area contributed by atoms with Gasteiger partial charge in [0, 0.05) is 26.1 Å². The van der Waals surface area contributed by atoms with E-state index in [1.165, 1.54) is 6.42 Å². The molecule has 0 aromatic carbocycles. The maximum atomic E-state index is 12.2. The summed E-state index contributed by atoms with van der Waals surface area (Å²) in [6, 6.07) is 0. The summed E-state index contributed by atoms with van der Waals surface area (Å²) in [6.07, 6.45) is 3.42. The van der Waals surface area contributed by atoms with Gasteiger partial charge in [0.2, 0.25) is 11.8 Å².